The van der Waals surface area contributed by atoms with E-state index in [4.69, 9.17) is 0 Å². The van der Waals surface area contributed by atoms with E-state index in [9.17, 15) is 0 Å². The molecule has 0 aliphatic heterocycles. The first-order valence-corrected chi connectivity index (χ1v) is 14.2. The molecule has 0 aliphatic rings. The standard InChI is InChI=1S/C34H38N2/c1-3-5-7-13-23-35-31-17-11-9-15-25(31)27-19-22-30-29(33(27)35)21-20-28-26-16-10-12-18-32(26)36(34(28)30)24-14-8-6-4-2/h9-12,15-22H,3-8,13-14,23-24H2,1-2H3. The summed E-state index contributed by atoms with van der Waals surface area (Å²) in [7, 11) is 0. The highest BCUT2D eigenvalue weighted by molar-refractivity contribution is 6.25. The second-order valence-electron chi connectivity index (χ2n) is 10.5. The average Bonchev–Trinajstić information content (AvgIpc) is 3.42. The molecule has 2 aromatic heterocycles. The fourth-order valence-electron chi connectivity index (χ4n) is 6.36. The lowest BCUT2D eigenvalue weighted by Gasteiger charge is -2.12. The number of aryl methyl sites for hydroxylation is 2. The van der Waals surface area contributed by atoms with Gasteiger partial charge in [0.25, 0.3) is 0 Å². The maximum atomic E-state index is 2.61. The number of unbranched alkanes of at least 4 members (excludes halogenated alkanes) is 6. The number of para-hydroxylation sites is 2. The molecule has 0 bridgehead atoms. The van der Waals surface area contributed by atoms with Gasteiger partial charge in [0.05, 0.1) is 11.0 Å². The maximum Gasteiger partial charge on any atom is 0.0571 e. The van der Waals surface area contributed by atoms with Gasteiger partial charge in [-0.2, -0.15) is 0 Å². The molecule has 6 aromatic rings. The highest BCUT2D eigenvalue weighted by Gasteiger charge is 2.18. The van der Waals surface area contributed by atoms with Crippen LogP contribution in [0.1, 0.15) is 65.2 Å². The Morgan fingerprint density at radius 3 is 1.22 bits per heavy atom. The van der Waals surface area contributed by atoms with Gasteiger partial charge in [-0.1, -0.05) is 113 Å². The van der Waals surface area contributed by atoms with Gasteiger partial charge in [-0.3, -0.25) is 0 Å². The quantitative estimate of drug-likeness (QED) is 0.175. The molecule has 184 valence electrons. The summed E-state index contributed by atoms with van der Waals surface area (Å²) >= 11 is 0. The highest BCUT2D eigenvalue weighted by Crippen LogP contribution is 2.40. The highest BCUT2D eigenvalue weighted by atomic mass is 15.0. The monoisotopic (exact) mass is 474 g/mol. The van der Waals surface area contributed by atoms with Crippen LogP contribution in [0.25, 0.3) is 54.4 Å². The molecule has 0 atom stereocenters. The van der Waals surface area contributed by atoms with Crippen molar-refractivity contribution < 1.29 is 0 Å². The topological polar surface area (TPSA) is 9.86 Å². The van der Waals surface area contributed by atoms with E-state index in [0.717, 1.165) is 13.1 Å². The van der Waals surface area contributed by atoms with Crippen molar-refractivity contribution in [1.29, 1.82) is 0 Å². The normalized spacial score (nSPS) is 12.2. The van der Waals surface area contributed by atoms with Crippen LogP contribution < -0.4 is 0 Å². The second-order valence-corrected chi connectivity index (χ2v) is 10.5. The largest absolute Gasteiger partial charge is 0.340 e. The Hall–Kier alpha value is -3.26. The SMILES string of the molecule is CCCCCCn1c2ccccc2c2ccc3c(ccc4c5ccccc5n(CCCCCC)c43)c21. The molecule has 4 aromatic carbocycles. The zero-order chi connectivity index (χ0) is 24.5. The van der Waals surface area contributed by atoms with E-state index in [-0.39, 0.29) is 0 Å². The molecule has 0 radical (unpaired) electrons. The van der Waals surface area contributed by atoms with E-state index in [1.807, 2.05) is 0 Å². The van der Waals surface area contributed by atoms with Gasteiger partial charge < -0.3 is 9.13 Å². The van der Waals surface area contributed by atoms with Gasteiger partial charge in [0.1, 0.15) is 0 Å². The molecule has 6 rings (SSSR count). The number of hydrogen-bond donors (Lipinski definition) is 0. The third-order valence-corrected chi connectivity index (χ3v) is 8.12. The van der Waals surface area contributed by atoms with Crippen molar-refractivity contribution >= 4 is 54.4 Å². The fourth-order valence-corrected chi connectivity index (χ4v) is 6.36. The average molecular weight is 475 g/mol. The molecule has 0 amide bonds. The third kappa shape index (κ3) is 3.79. The maximum absolute atomic E-state index is 2.61. The number of aromatic nitrogens is 2. The van der Waals surface area contributed by atoms with E-state index in [1.165, 1.54) is 106 Å². The van der Waals surface area contributed by atoms with Crippen LogP contribution >= 0.6 is 0 Å². The van der Waals surface area contributed by atoms with Gasteiger partial charge in [-0.05, 0) is 25.0 Å². The summed E-state index contributed by atoms with van der Waals surface area (Å²) in [5, 5.41) is 8.32. The summed E-state index contributed by atoms with van der Waals surface area (Å²) in [4.78, 5) is 0. The molecule has 36 heavy (non-hydrogen) atoms. The number of hydrogen-bond acceptors (Lipinski definition) is 0. The zero-order valence-corrected chi connectivity index (χ0v) is 21.9. The summed E-state index contributed by atoms with van der Waals surface area (Å²) in [5.41, 5.74) is 5.57. The Morgan fingerprint density at radius 2 is 0.806 bits per heavy atom. The molecular formula is C34H38N2. The zero-order valence-electron chi connectivity index (χ0n) is 21.9. The van der Waals surface area contributed by atoms with E-state index < -0.39 is 0 Å². The fraction of sp³-hybridized carbons (Fsp3) is 0.353. The van der Waals surface area contributed by atoms with Crippen molar-refractivity contribution in [2.75, 3.05) is 0 Å². The number of fused-ring (bicyclic) bond motifs is 9. The second kappa shape index (κ2) is 10.0. The molecule has 0 saturated heterocycles. The van der Waals surface area contributed by atoms with E-state index in [2.05, 4.69) is 95.8 Å². The van der Waals surface area contributed by atoms with Crippen molar-refractivity contribution in [3.8, 4) is 0 Å². The lowest BCUT2D eigenvalue weighted by atomic mass is 10.0. The Labute approximate surface area is 214 Å². The van der Waals surface area contributed by atoms with Crippen molar-refractivity contribution in [1.82, 2.24) is 9.13 Å². The van der Waals surface area contributed by atoms with Crippen LogP contribution in [-0.4, -0.2) is 9.13 Å². The van der Waals surface area contributed by atoms with Crippen LogP contribution in [0.15, 0.2) is 72.8 Å². The van der Waals surface area contributed by atoms with Crippen LogP contribution in [0.3, 0.4) is 0 Å². The predicted molar refractivity (Wildman–Crippen MR) is 158 cm³/mol. The summed E-state index contributed by atoms with van der Waals surface area (Å²) < 4.78 is 5.23. The van der Waals surface area contributed by atoms with Crippen LogP contribution in [-0.2, 0) is 13.1 Å². The smallest absolute Gasteiger partial charge is 0.0571 e. The van der Waals surface area contributed by atoms with E-state index in [0.29, 0.717) is 0 Å². The molecule has 0 aliphatic carbocycles. The van der Waals surface area contributed by atoms with Crippen molar-refractivity contribution in [2.45, 2.75) is 78.3 Å². The van der Waals surface area contributed by atoms with Crippen LogP contribution in [0, 0.1) is 0 Å². The summed E-state index contributed by atoms with van der Waals surface area (Å²) in [6.07, 6.45) is 10.2. The minimum atomic E-state index is 1.08. The molecule has 0 fully saturated rings. The van der Waals surface area contributed by atoms with Crippen LogP contribution in [0.2, 0.25) is 0 Å². The molecule has 0 unspecified atom stereocenters. The Balaban J connectivity index is 1.62. The first-order valence-electron chi connectivity index (χ1n) is 14.2. The molecule has 0 N–H and O–H groups in total. The minimum absolute atomic E-state index is 1.08. The first kappa shape index (κ1) is 23.2. The van der Waals surface area contributed by atoms with Crippen molar-refractivity contribution in [2.24, 2.45) is 0 Å². The lowest BCUT2D eigenvalue weighted by Crippen LogP contribution is -2.00. The summed E-state index contributed by atoms with van der Waals surface area (Å²) in [6, 6.07) is 27.6. The van der Waals surface area contributed by atoms with Gasteiger partial charge in [0.15, 0.2) is 0 Å². The van der Waals surface area contributed by atoms with Gasteiger partial charge in [0, 0.05) is 56.4 Å². The van der Waals surface area contributed by atoms with Gasteiger partial charge in [-0.15, -0.1) is 0 Å². The van der Waals surface area contributed by atoms with Crippen molar-refractivity contribution in [3.63, 3.8) is 0 Å². The number of rotatable bonds is 10. The van der Waals surface area contributed by atoms with Crippen molar-refractivity contribution in [3.05, 3.63) is 72.8 Å². The van der Waals surface area contributed by atoms with Crippen LogP contribution in [0.5, 0.6) is 0 Å². The minimum Gasteiger partial charge on any atom is -0.340 e. The molecule has 2 nitrogen and oxygen atoms in total. The number of nitrogens with zero attached hydrogens (tertiary/aromatic N) is 2. The van der Waals surface area contributed by atoms with E-state index >= 15 is 0 Å². The van der Waals surface area contributed by atoms with Gasteiger partial charge in [0.2, 0.25) is 0 Å². The number of benzene rings is 4. The molecule has 2 heteroatoms. The lowest BCUT2D eigenvalue weighted by molar-refractivity contribution is 0.602. The van der Waals surface area contributed by atoms with Gasteiger partial charge >= 0.3 is 0 Å². The molecule has 0 saturated carbocycles. The summed E-state index contributed by atoms with van der Waals surface area (Å²) in [5.74, 6) is 0. The van der Waals surface area contributed by atoms with E-state index in [1.54, 1.807) is 0 Å². The van der Waals surface area contributed by atoms with Gasteiger partial charge in [-0.25, -0.2) is 0 Å². The third-order valence-electron chi connectivity index (χ3n) is 8.12. The Kier molecular flexibility index (Phi) is 6.44. The Morgan fingerprint density at radius 1 is 0.417 bits per heavy atom. The molecular weight excluding hydrogens is 436 g/mol. The molecule has 0 spiro atoms. The Bertz CT molecular complexity index is 1540. The first-order chi connectivity index (χ1) is 17.8. The predicted octanol–water partition coefficient (Wildman–Crippen LogP) is 10.2. The summed E-state index contributed by atoms with van der Waals surface area (Å²) in [6.45, 7) is 6.75. The molecule has 2 heterocycles. The van der Waals surface area contributed by atoms with Crippen LogP contribution in [0.4, 0.5) is 0 Å².